The maximum Gasteiger partial charge on any atom is 0.241 e. The van der Waals surface area contributed by atoms with Crippen molar-refractivity contribution in [3.05, 3.63) is 11.8 Å². The number of hydrogen-bond donors (Lipinski definition) is 1. The van der Waals surface area contributed by atoms with Gasteiger partial charge >= 0.3 is 0 Å². The Morgan fingerprint density at radius 3 is 2.93 bits per heavy atom. The van der Waals surface area contributed by atoms with Crippen LogP contribution in [0.25, 0.3) is 0 Å². The van der Waals surface area contributed by atoms with E-state index in [1.807, 2.05) is 6.92 Å². The van der Waals surface area contributed by atoms with Crippen LogP contribution in [0.2, 0.25) is 0 Å². The first-order valence-electron chi connectivity index (χ1n) is 4.61. The molecule has 0 radical (unpaired) electrons. The van der Waals surface area contributed by atoms with Crippen LogP contribution in [0.1, 0.15) is 25.5 Å². The number of halogens is 1. The molecule has 78 valence electrons. The van der Waals surface area contributed by atoms with Crippen molar-refractivity contribution in [1.29, 1.82) is 0 Å². The highest BCUT2D eigenvalue weighted by Gasteiger charge is 2.01. The van der Waals surface area contributed by atoms with Gasteiger partial charge in [-0.05, 0) is 13.3 Å². The van der Waals surface area contributed by atoms with Crippen molar-refractivity contribution < 1.29 is 4.74 Å². The lowest BCUT2D eigenvalue weighted by Gasteiger charge is -2.05. The minimum absolute atomic E-state index is 0.373. The average molecular weight is 216 g/mol. The molecule has 0 amide bonds. The fourth-order valence-corrected chi connectivity index (χ4v) is 1.06. The highest BCUT2D eigenvalue weighted by atomic mass is 35.5. The van der Waals surface area contributed by atoms with Gasteiger partial charge in [0.25, 0.3) is 0 Å². The van der Waals surface area contributed by atoms with E-state index in [-0.39, 0.29) is 0 Å². The second-order valence-electron chi connectivity index (χ2n) is 2.97. The third kappa shape index (κ3) is 3.38. The van der Waals surface area contributed by atoms with E-state index in [1.165, 1.54) is 0 Å². The molecule has 14 heavy (non-hydrogen) atoms. The van der Waals surface area contributed by atoms with E-state index >= 15 is 0 Å². The molecule has 0 fully saturated rings. The van der Waals surface area contributed by atoms with Crippen LogP contribution in [0.4, 0.5) is 5.95 Å². The summed E-state index contributed by atoms with van der Waals surface area (Å²) in [6.07, 6.45) is 2.12. The van der Waals surface area contributed by atoms with Crippen molar-refractivity contribution in [1.82, 2.24) is 9.97 Å². The monoisotopic (exact) mass is 215 g/mol. The molecule has 1 aromatic rings. The topological polar surface area (TPSA) is 47.0 Å². The standard InChI is InChI=1S/C9H14ClN3O/c1-3-4-5-14-8-6-7(2)11-9(12-8)13-10/h6H,3-5H2,1-2H3,(H,11,12,13). The van der Waals surface area contributed by atoms with Crippen molar-refractivity contribution in [3.63, 3.8) is 0 Å². The predicted octanol–water partition coefficient (Wildman–Crippen LogP) is 2.53. The Balaban J connectivity index is 2.62. The lowest BCUT2D eigenvalue weighted by Crippen LogP contribution is -2.01. The number of aryl methyl sites for hydroxylation is 1. The quantitative estimate of drug-likeness (QED) is 0.606. The highest BCUT2D eigenvalue weighted by Crippen LogP contribution is 2.12. The minimum atomic E-state index is 0.373. The predicted molar refractivity (Wildman–Crippen MR) is 56.6 cm³/mol. The molecule has 0 saturated carbocycles. The van der Waals surface area contributed by atoms with Crippen LogP contribution in [-0.4, -0.2) is 16.6 Å². The Kier molecular flexibility index (Phi) is 4.46. The summed E-state index contributed by atoms with van der Waals surface area (Å²) >= 11 is 5.40. The second kappa shape index (κ2) is 5.65. The van der Waals surface area contributed by atoms with Crippen LogP contribution in [0.5, 0.6) is 5.88 Å². The number of aromatic nitrogens is 2. The van der Waals surface area contributed by atoms with Crippen LogP contribution < -0.4 is 9.57 Å². The van der Waals surface area contributed by atoms with E-state index in [2.05, 4.69) is 21.7 Å². The normalized spacial score (nSPS) is 9.93. The van der Waals surface area contributed by atoms with Crippen molar-refractivity contribution in [2.24, 2.45) is 0 Å². The Morgan fingerprint density at radius 1 is 1.50 bits per heavy atom. The number of ether oxygens (including phenoxy) is 1. The van der Waals surface area contributed by atoms with Gasteiger partial charge in [0, 0.05) is 23.5 Å². The molecule has 0 aliphatic rings. The zero-order chi connectivity index (χ0) is 10.4. The number of nitrogens with one attached hydrogen (secondary N) is 1. The summed E-state index contributed by atoms with van der Waals surface area (Å²) in [4.78, 5) is 10.5. The Labute approximate surface area is 88.8 Å². The molecule has 1 rings (SSSR count). The third-order valence-electron chi connectivity index (χ3n) is 1.66. The van der Waals surface area contributed by atoms with Crippen molar-refractivity contribution >= 4 is 17.7 Å². The van der Waals surface area contributed by atoms with Gasteiger partial charge in [-0.3, -0.25) is 4.84 Å². The summed E-state index contributed by atoms with van der Waals surface area (Å²) in [5.41, 5.74) is 0.828. The van der Waals surface area contributed by atoms with E-state index < -0.39 is 0 Å². The molecule has 5 heteroatoms. The lowest BCUT2D eigenvalue weighted by atomic mass is 10.4. The first-order valence-corrected chi connectivity index (χ1v) is 4.99. The molecule has 0 unspecified atom stereocenters. The van der Waals surface area contributed by atoms with Gasteiger partial charge in [0.1, 0.15) is 0 Å². The summed E-state index contributed by atoms with van der Waals surface area (Å²) < 4.78 is 5.42. The van der Waals surface area contributed by atoms with E-state index in [4.69, 9.17) is 16.5 Å². The summed E-state index contributed by atoms with van der Waals surface area (Å²) in [6, 6.07) is 1.79. The van der Waals surface area contributed by atoms with Crippen molar-refractivity contribution in [2.75, 3.05) is 11.4 Å². The molecular formula is C9H14ClN3O. The molecule has 0 saturated heterocycles. The van der Waals surface area contributed by atoms with E-state index in [0.717, 1.165) is 18.5 Å². The van der Waals surface area contributed by atoms with Gasteiger partial charge in [0.2, 0.25) is 11.8 Å². The smallest absolute Gasteiger partial charge is 0.241 e. The first kappa shape index (κ1) is 11.0. The van der Waals surface area contributed by atoms with Gasteiger partial charge in [-0.1, -0.05) is 13.3 Å². The average Bonchev–Trinajstić information content (AvgIpc) is 2.17. The molecule has 0 atom stereocenters. The van der Waals surface area contributed by atoms with Gasteiger partial charge in [-0.2, -0.15) is 4.98 Å². The largest absolute Gasteiger partial charge is 0.478 e. The zero-order valence-electron chi connectivity index (χ0n) is 8.38. The van der Waals surface area contributed by atoms with Crippen LogP contribution in [0, 0.1) is 6.92 Å². The van der Waals surface area contributed by atoms with Gasteiger partial charge in [0.15, 0.2) is 0 Å². The summed E-state index contributed by atoms with van der Waals surface area (Å²) in [5, 5.41) is 0. The first-order chi connectivity index (χ1) is 6.76. The summed E-state index contributed by atoms with van der Waals surface area (Å²) in [5.74, 6) is 0.937. The summed E-state index contributed by atoms with van der Waals surface area (Å²) in [7, 11) is 0. The van der Waals surface area contributed by atoms with E-state index in [9.17, 15) is 0 Å². The van der Waals surface area contributed by atoms with E-state index in [1.54, 1.807) is 6.07 Å². The minimum Gasteiger partial charge on any atom is -0.478 e. The molecule has 1 N–H and O–H groups in total. The van der Waals surface area contributed by atoms with E-state index in [0.29, 0.717) is 18.4 Å². The fraction of sp³-hybridized carbons (Fsp3) is 0.556. The van der Waals surface area contributed by atoms with Gasteiger partial charge < -0.3 is 4.74 Å². The van der Waals surface area contributed by atoms with Crippen molar-refractivity contribution in [2.45, 2.75) is 26.7 Å². The van der Waals surface area contributed by atoms with Crippen LogP contribution in [0.3, 0.4) is 0 Å². The molecule has 1 heterocycles. The molecule has 4 nitrogen and oxygen atoms in total. The maximum atomic E-state index is 5.42. The number of rotatable bonds is 5. The Morgan fingerprint density at radius 2 is 2.29 bits per heavy atom. The van der Waals surface area contributed by atoms with Gasteiger partial charge in [-0.15, -0.1) is 0 Å². The maximum absolute atomic E-state index is 5.42. The number of nitrogens with zero attached hydrogens (tertiary/aromatic N) is 2. The number of hydrogen-bond acceptors (Lipinski definition) is 4. The molecule has 0 aliphatic carbocycles. The fourth-order valence-electron chi connectivity index (χ4n) is 0.977. The highest BCUT2D eigenvalue weighted by molar-refractivity contribution is 6.23. The lowest BCUT2D eigenvalue weighted by molar-refractivity contribution is 0.297. The molecule has 1 aromatic heterocycles. The zero-order valence-corrected chi connectivity index (χ0v) is 9.14. The molecule has 0 aliphatic heterocycles. The van der Waals surface area contributed by atoms with Gasteiger partial charge in [0.05, 0.1) is 6.61 Å². The van der Waals surface area contributed by atoms with Crippen LogP contribution >= 0.6 is 11.8 Å². The molecule has 0 aromatic carbocycles. The third-order valence-corrected chi connectivity index (χ3v) is 1.83. The van der Waals surface area contributed by atoms with Crippen molar-refractivity contribution in [3.8, 4) is 5.88 Å². The summed E-state index contributed by atoms with van der Waals surface area (Å²) in [6.45, 7) is 4.65. The second-order valence-corrected chi connectivity index (χ2v) is 3.16. The Bertz CT molecular complexity index is 293. The molecule has 0 spiro atoms. The molecule has 0 bridgehead atoms. The SMILES string of the molecule is CCCCOc1cc(C)nc(NCl)n1. The number of unbranched alkanes of at least 4 members (excludes halogenated alkanes) is 1. The van der Waals surface area contributed by atoms with Crippen LogP contribution in [-0.2, 0) is 0 Å². The molecular weight excluding hydrogens is 202 g/mol. The Hall–Kier alpha value is -1.03. The number of anilines is 1. The van der Waals surface area contributed by atoms with Gasteiger partial charge in [-0.25, -0.2) is 4.98 Å². The van der Waals surface area contributed by atoms with Crippen LogP contribution in [0.15, 0.2) is 6.07 Å².